The van der Waals surface area contributed by atoms with Gasteiger partial charge in [0, 0.05) is 0 Å². The number of carbonyl (C=O) groups excluding carboxylic acids is 1. The quantitative estimate of drug-likeness (QED) is 0.250. The van der Waals surface area contributed by atoms with E-state index in [1.807, 2.05) is 66.7 Å². The van der Waals surface area contributed by atoms with E-state index in [0.717, 1.165) is 27.6 Å². The second-order valence-electron chi connectivity index (χ2n) is 7.28. The molecule has 8 nitrogen and oxygen atoms in total. The maximum Gasteiger partial charge on any atom is 0.313 e. The van der Waals surface area contributed by atoms with Gasteiger partial charge in [-0.05, 0) is 41.0 Å². The molecule has 0 aromatic heterocycles. The summed E-state index contributed by atoms with van der Waals surface area (Å²) in [6.07, 6.45) is -1.02. The lowest BCUT2D eigenvalue weighted by Gasteiger charge is -2.18. The van der Waals surface area contributed by atoms with Gasteiger partial charge in [-0.2, -0.15) is 0 Å². The molecule has 0 aliphatic carbocycles. The van der Waals surface area contributed by atoms with Crippen molar-refractivity contribution in [1.82, 2.24) is 0 Å². The second kappa shape index (κ2) is 11.1. The Hall–Kier alpha value is -3.65. The Labute approximate surface area is 185 Å². The number of rotatable bonds is 11. The SMILES string of the molecule is COc1ccc2cc([C@H](C)C(=O)OC[C@@H](COCc3ccccc3)O[N+](=O)[O-])ccc2c1. The van der Waals surface area contributed by atoms with Gasteiger partial charge in [-0.1, -0.05) is 54.6 Å². The molecule has 0 unspecified atom stereocenters. The second-order valence-corrected chi connectivity index (χ2v) is 7.28. The van der Waals surface area contributed by atoms with Gasteiger partial charge in [-0.25, -0.2) is 0 Å². The monoisotopic (exact) mass is 439 g/mol. The van der Waals surface area contributed by atoms with E-state index in [2.05, 4.69) is 4.84 Å². The van der Waals surface area contributed by atoms with Crippen LogP contribution in [0.3, 0.4) is 0 Å². The molecule has 168 valence electrons. The molecule has 0 heterocycles. The molecule has 0 spiro atoms. The topological polar surface area (TPSA) is 97.1 Å². The number of esters is 1. The van der Waals surface area contributed by atoms with Crippen molar-refractivity contribution in [2.75, 3.05) is 20.3 Å². The Morgan fingerprint density at radius 1 is 1.00 bits per heavy atom. The van der Waals surface area contributed by atoms with E-state index in [0.29, 0.717) is 0 Å². The van der Waals surface area contributed by atoms with Crippen molar-refractivity contribution >= 4 is 16.7 Å². The molecule has 3 aromatic carbocycles. The third-order valence-corrected chi connectivity index (χ3v) is 4.99. The Balaban J connectivity index is 1.57. The lowest BCUT2D eigenvalue weighted by Crippen LogP contribution is -2.30. The summed E-state index contributed by atoms with van der Waals surface area (Å²) >= 11 is 0. The molecule has 0 aliphatic rings. The normalized spacial score (nSPS) is 12.7. The van der Waals surface area contributed by atoms with Crippen molar-refractivity contribution in [3.63, 3.8) is 0 Å². The van der Waals surface area contributed by atoms with E-state index in [9.17, 15) is 14.9 Å². The highest BCUT2D eigenvalue weighted by atomic mass is 17.0. The fourth-order valence-electron chi connectivity index (χ4n) is 3.19. The smallest absolute Gasteiger partial charge is 0.313 e. The molecule has 0 radical (unpaired) electrons. The zero-order valence-electron chi connectivity index (χ0n) is 17.9. The summed E-state index contributed by atoms with van der Waals surface area (Å²) in [5.41, 5.74) is 1.70. The molecular formula is C24H25NO7. The van der Waals surface area contributed by atoms with Crippen molar-refractivity contribution in [2.45, 2.75) is 25.6 Å². The summed E-state index contributed by atoms with van der Waals surface area (Å²) in [5, 5.41) is 11.8. The number of carbonyl (C=O) groups is 1. The maximum atomic E-state index is 12.6. The van der Waals surface area contributed by atoms with E-state index in [1.54, 1.807) is 14.0 Å². The highest BCUT2D eigenvalue weighted by Gasteiger charge is 2.21. The predicted molar refractivity (Wildman–Crippen MR) is 118 cm³/mol. The molecular weight excluding hydrogens is 414 g/mol. The fraction of sp³-hybridized carbons (Fsp3) is 0.292. The first-order valence-corrected chi connectivity index (χ1v) is 10.1. The van der Waals surface area contributed by atoms with Gasteiger partial charge in [0.25, 0.3) is 5.09 Å². The van der Waals surface area contributed by atoms with Gasteiger partial charge in [-0.15, -0.1) is 10.1 Å². The van der Waals surface area contributed by atoms with Gasteiger partial charge in [0.15, 0.2) is 6.10 Å². The van der Waals surface area contributed by atoms with E-state index < -0.39 is 23.1 Å². The number of nitrogens with zero attached hydrogens (tertiary/aromatic N) is 1. The van der Waals surface area contributed by atoms with Gasteiger partial charge in [0.2, 0.25) is 0 Å². The van der Waals surface area contributed by atoms with Crippen LogP contribution in [-0.2, 0) is 25.7 Å². The van der Waals surface area contributed by atoms with Gasteiger partial charge >= 0.3 is 5.97 Å². The Morgan fingerprint density at radius 2 is 1.72 bits per heavy atom. The number of fused-ring (bicyclic) bond motifs is 1. The Bertz CT molecular complexity index is 1050. The molecule has 0 bridgehead atoms. The summed E-state index contributed by atoms with van der Waals surface area (Å²) in [4.78, 5) is 28.0. The summed E-state index contributed by atoms with van der Waals surface area (Å²) in [5.74, 6) is -0.301. The highest BCUT2D eigenvalue weighted by Crippen LogP contribution is 2.25. The van der Waals surface area contributed by atoms with Crippen molar-refractivity contribution in [3.8, 4) is 5.75 Å². The van der Waals surface area contributed by atoms with Crippen molar-refractivity contribution in [1.29, 1.82) is 0 Å². The number of ether oxygens (including phenoxy) is 3. The van der Waals surface area contributed by atoms with Crippen LogP contribution in [0.5, 0.6) is 5.75 Å². The van der Waals surface area contributed by atoms with Crippen LogP contribution in [0.1, 0.15) is 24.0 Å². The van der Waals surface area contributed by atoms with Crippen LogP contribution >= 0.6 is 0 Å². The van der Waals surface area contributed by atoms with E-state index in [1.165, 1.54) is 0 Å². The van der Waals surface area contributed by atoms with Gasteiger partial charge in [-0.3, -0.25) is 4.79 Å². The van der Waals surface area contributed by atoms with Crippen LogP contribution in [0.2, 0.25) is 0 Å². The molecule has 8 heteroatoms. The van der Waals surface area contributed by atoms with Gasteiger partial charge < -0.3 is 19.0 Å². The van der Waals surface area contributed by atoms with Gasteiger partial charge in [0.1, 0.15) is 12.4 Å². The molecule has 0 fully saturated rings. The largest absolute Gasteiger partial charge is 0.497 e. The van der Waals surface area contributed by atoms with E-state index >= 15 is 0 Å². The summed E-state index contributed by atoms with van der Waals surface area (Å²) < 4.78 is 16.0. The zero-order valence-corrected chi connectivity index (χ0v) is 17.9. The standard InChI is InChI=1S/C24H25NO7/c1-17(19-8-9-21-13-22(29-2)11-10-20(21)12-19)24(26)31-16-23(32-25(27)28)15-30-14-18-6-4-3-5-7-18/h3-13,17,23H,14-16H2,1-2H3/t17-,23+/m0/s1. The molecule has 0 saturated carbocycles. The van der Waals surface area contributed by atoms with Crippen molar-refractivity contribution in [3.05, 3.63) is 88.0 Å². The molecule has 0 amide bonds. The van der Waals surface area contributed by atoms with Crippen molar-refractivity contribution < 1.29 is 28.9 Å². The molecule has 2 atom stereocenters. The lowest BCUT2D eigenvalue weighted by molar-refractivity contribution is -0.769. The highest BCUT2D eigenvalue weighted by molar-refractivity contribution is 5.86. The van der Waals surface area contributed by atoms with Crippen LogP contribution < -0.4 is 4.74 Å². The average Bonchev–Trinajstić information content (AvgIpc) is 2.81. The number of hydrogen-bond acceptors (Lipinski definition) is 7. The minimum absolute atomic E-state index is 0.0880. The van der Waals surface area contributed by atoms with Crippen molar-refractivity contribution in [2.24, 2.45) is 0 Å². The summed E-state index contributed by atoms with van der Waals surface area (Å²) in [7, 11) is 1.61. The average molecular weight is 439 g/mol. The Morgan fingerprint density at radius 3 is 2.44 bits per heavy atom. The third-order valence-electron chi connectivity index (χ3n) is 4.99. The molecule has 32 heavy (non-hydrogen) atoms. The maximum absolute atomic E-state index is 12.6. The first-order valence-electron chi connectivity index (χ1n) is 10.1. The van der Waals surface area contributed by atoms with Crippen LogP contribution in [0.15, 0.2) is 66.7 Å². The molecule has 3 aromatic rings. The minimum Gasteiger partial charge on any atom is -0.497 e. The number of benzene rings is 3. The summed E-state index contributed by atoms with van der Waals surface area (Å²) in [6, 6.07) is 20.7. The fourth-order valence-corrected chi connectivity index (χ4v) is 3.19. The first kappa shape index (κ1) is 23.0. The van der Waals surface area contributed by atoms with Crippen LogP contribution in [0.4, 0.5) is 0 Å². The zero-order chi connectivity index (χ0) is 22.9. The van der Waals surface area contributed by atoms with E-state index in [4.69, 9.17) is 14.2 Å². The van der Waals surface area contributed by atoms with Crippen LogP contribution in [0, 0.1) is 10.1 Å². The first-order chi connectivity index (χ1) is 15.5. The molecule has 0 aliphatic heterocycles. The molecule has 0 N–H and O–H groups in total. The number of methoxy groups -OCH3 is 1. The Kier molecular flexibility index (Phi) is 7.99. The lowest BCUT2D eigenvalue weighted by atomic mass is 9.98. The predicted octanol–water partition coefficient (Wildman–Crippen LogP) is 4.29. The minimum atomic E-state index is -1.02. The van der Waals surface area contributed by atoms with Crippen LogP contribution in [-0.4, -0.2) is 37.5 Å². The van der Waals surface area contributed by atoms with Crippen LogP contribution in [0.25, 0.3) is 10.8 Å². The summed E-state index contributed by atoms with van der Waals surface area (Å²) in [6.45, 7) is 1.62. The van der Waals surface area contributed by atoms with E-state index in [-0.39, 0.29) is 19.8 Å². The molecule has 3 rings (SSSR count). The third kappa shape index (κ3) is 6.42. The molecule has 0 saturated heterocycles. The number of hydrogen-bond donors (Lipinski definition) is 0. The van der Waals surface area contributed by atoms with Gasteiger partial charge in [0.05, 0.1) is 26.2 Å².